The van der Waals surface area contributed by atoms with Crippen LogP contribution in [0.4, 0.5) is 0 Å². The molecule has 4 nitrogen and oxygen atoms in total. The highest BCUT2D eigenvalue weighted by atomic mass is 79.9. The van der Waals surface area contributed by atoms with Gasteiger partial charge in [-0.3, -0.25) is 9.69 Å². The molecule has 18 heavy (non-hydrogen) atoms. The lowest BCUT2D eigenvalue weighted by atomic mass is 10.1. The van der Waals surface area contributed by atoms with Crippen LogP contribution in [0.3, 0.4) is 0 Å². The standard InChI is InChI=1S/C13H18BrNO3/c1-3-11(13(17)18)15(4-2)8-9-7-10(14)5-6-12(9)16/h5-7,11,16H,3-4,8H2,1-2H3,(H,17,18). The summed E-state index contributed by atoms with van der Waals surface area (Å²) in [5, 5.41) is 18.9. The Balaban J connectivity index is 2.91. The molecular formula is C13H18BrNO3. The fourth-order valence-electron chi connectivity index (χ4n) is 1.93. The number of rotatable bonds is 6. The number of carboxylic acids is 1. The maximum atomic E-state index is 11.2. The fraction of sp³-hybridized carbons (Fsp3) is 0.462. The summed E-state index contributed by atoms with van der Waals surface area (Å²) in [4.78, 5) is 13.0. The minimum absolute atomic E-state index is 0.192. The number of halogens is 1. The molecule has 0 saturated carbocycles. The molecule has 1 aromatic carbocycles. The first-order chi connectivity index (χ1) is 8.49. The summed E-state index contributed by atoms with van der Waals surface area (Å²) < 4.78 is 0.870. The van der Waals surface area contributed by atoms with E-state index in [1.54, 1.807) is 12.1 Å². The molecule has 100 valence electrons. The smallest absolute Gasteiger partial charge is 0.320 e. The molecule has 0 bridgehead atoms. The fourth-order valence-corrected chi connectivity index (χ4v) is 2.34. The van der Waals surface area contributed by atoms with E-state index in [1.807, 2.05) is 24.8 Å². The van der Waals surface area contributed by atoms with Crippen molar-refractivity contribution in [2.45, 2.75) is 32.9 Å². The Bertz CT molecular complexity index is 423. The Morgan fingerprint density at radius 3 is 2.61 bits per heavy atom. The van der Waals surface area contributed by atoms with Gasteiger partial charge in [-0.1, -0.05) is 29.8 Å². The van der Waals surface area contributed by atoms with Crippen molar-refractivity contribution in [1.29, 1.82) is 0 Å². The van der Waals surface area contributed by atoms with Gasteiger partial charge in [0.1, 0.15) is 11.8 Å². The number of hydrogen-bond donors (Lipinski definition) is 2. The van der Waals surface area contributed by atoms with E-state index in [4.69, 9.17) is 5.11 Å². The largest absolute Gasteiger partial charge is 0.508 e. The first-order valence-corrected chi connectivity index (χ1v) is 6.73. The van der Waals surface area contributed by atoms with E-state index in [-0.39, 0.29) is 5.75 Å². The number of likely N-dealkylation sites (N-methyl/N-ethyl adjacent to an activating group) is 1. The number of carboxylic acid groups (broad SMARTS) is 1. The van der Waals surface area contributed by atoms with E-state index < -0.39 is 12.0 Å². The van der Waals surface area contributed by atoms with Crippen LogP contribution in [-0.2, 0) is 11.3 Å². The molecule has 0 heterocycles. The zero-order chi connectivity index (χ0) is 13.7. The van der Waals surface area contributed by atoms with Crippen LogP contribution in [0.15, 0.2) is 22.7 Å². The predicted molar refractivity (Wildman–Crippen MR) is 73.6 cm³/mol. The number of aromatic hydroxyl groups is 1. The molecule has 0 fully saturated rings. The average molecular weight is 316 g/mol. The van der Waals surface area contributed by atoms with Crippen molar-refractivity contribution in [3.05, 3.63) is 28.2 Å². The lowest BCUT2D eigenvalue weighted by Crippen LogP contribution is -2.40. The van der Waals surface area contributed by atoms with Crippen molar-refractivity contribution >= 4 is 21.9 Å². The third-order valence-electron chi connectivity index (χ3n) is 2.93. The molecule has 1 rings (SSSR count). The van der Waals surface area contributed by atoms with Gasteiger partial charge in [-0.05, 0) is 31.2 Å². The second-order valence-corrected chi connectivity index (χ2v) is 5.01. The van der Waals surface area contributed by atoms with E-state index >= 15 is 0 Å². The number of phenols is 1. The van der Waals surface area contributed by atoms with Crippen molar-refractivity contribution in [2.24, 2.45) is 0 Å². The van der Waals surface area contributed by atoms with Gasteiger partial charge >= 0.3 is 5.97 Å². The third-order valence-corrected chi connectivity index (χ3v) is 3.43. The first kappa shape index (κ1) is 15.0. The van der Waals surface area contributed by atoms with E-state index in [2.05, 4.69) is 15.9 Å². The molecule has 0 aliphatic rings. The van der Waals surface area contributed by atoms with Crippen LogP contribution in [0.2, 0.25) is 0 Å². The SMILES string of the molecule is CCC(C(=O)O)N(CC)Cc1cc(Br)ccc1O. The highest BCUT2D eigenvalue weighted by Crippen LogP contribution is 2.24. The van der Waals surface area contributed by atoms with Crippen molar-refractivity contribution in [3.63, 3.8) is 0 Å². The van der Waals surface area contributed by atoms with Gasteiger partial charge in [0.15, 0.2) is 0 Å². The zero-order valence-corrected chi connectivity index (χ0v) is 12.1. The highest BCUT2D eigenvalue weighted by molar-refractivity contribution is 9.10. The molecule has 0 aliphatic heterocycles. The van der Waals surface area contributed by atoms with Crippen LogP contribution in [0.5, 0.6) is 5.75 Å². The lowest BCUT2D eigenvalue weighted by Gasteiger charge is -2.27. The van der Waals surface area contributed by atoms with Gasteiger partial charge < -0.3 is 10.2 Å². The van der Waals surface area contributed by atoms with Crippen molar-refractivity contribution in [1.82, 2.24) is 4.90 Å². The van der Waals surface area contributed by atoms with Gasteiger partial charge in [-0.25, -0.2) is 0 Å². The Hall–Kier alpha value is -1.07. The maximum absolute atomic E-state index is 11.2. The summed E-state index contributed by atoms with van der Waals surface area (Å²) in [6.07, 6.45) is 0.540. The van der Waals surface area contributed by atoms with Crippen LogP contribution in [-0.4, -0.2) is 33.7 Å². The van der Waals surface area contributed by atoms with Gasteiger partial charge in [0.25, 0.3) is 0 Å². The molecular weight excluding hydrogens is 298 g/mol. The topological polar surface area (TPSA) is 60.8 Å². The second-order valence-electron chi connectivity index (χ2n) is 4.10. The molecule has 1 unspecified atom stereocenters. The summed E-state index contributed by atoms with van der Waals surface area (Å²) in [6.45, 7) is 4.81. The molecule has 2 N–H and O–H groups in total. The monoisotopic (exact) mass is 315 g/mol. The van der Waals surface area contributed by atoms with Crippen molar-refractivity contribution in [3.8, 4) is 5.75 Å². The van der Waals surface area contributed by atoms with Crippen LogP contribution >= 0.6 is 15.9 Å². The van der Waals surface area contributed by atoms with Gasteiger partial charge in [-0.2, -0.15) is 0 Å². The maximum Gasteiger partial charge on any atom is 0.320 e. The summed E-state index contributed by atoms with van der Waals surface area (Å²) in [6, 6.07) is 4.65. The van der Waals surface area contributed by atoms with Crippen LogP contribution in [0, 0.1) is 0 Å². The Morgan fingerprint density at radius 2 is 2.11 bits per heavy atom. The van der Waals surface area contributed by atoms with E-state index in [1.165, 1.54) is 0 Å². The van der Waals surface area contributed by atoms with Gasteiger partial charge in [0.2, 0.25) is 0 Å². The molecule has 0 spiro atoms. The molecule has 0 amide bonds. The third kappa shape index (κ3) is 3.71. The summed E-state index contributed by atoms with van der Waals surface area (Å²) in [5.74, 6) is -0.634. The van der Waals surface area contributed by atoms with Crippen LogP contribution in [0.25, 0.3) is 0 Å². The number of benzene rings is 1. The quantitative estimate of drug-likeness (QED) is 0.847. The number of hydrogen-bond acceptors (Lipinski definition) is 3. The van der Waals surface area contributed by atoms with E-state index in [9.17, 15) is 9.90 Å². The Labute approximate surface area is 115 Å². The minimum atomic E-state index is -0.825. The number of phenolic OH excluding ortho intramolecular Hbond substituents is 1. The lowest BCUT2D eigenvalue weighted by molar-refractivity contribution is -0.143. The van der Waals surface area contributed by atoms with Crippen LogP contribution in [0.1, 0.15) is 25.8 Å². The average Bonchev–Trinajstić information content (AvgIpc) is 2.32. The van der Waals surface area contributed by atoms with Crippen molar-refractivity contribution < 1.29 is 15.0 Å². The van der Waals surface area contributed by atoms with E-state index in [0.717, 1.165) is 10.0 Å². The molecule has 5 heteroatoms. The Morgan fingerprint density at radius 1 is 1.44 bits per heavy atom. The Kier molecular flexibility index (Phi) is 5.62. The molecule has 0 aromatic heterocycles. The normalized spacial score (nSPS) is 12.7. The first-order valence-electron chi connectivity index (χ1n) is 5.93. The second kappa shape index (κ2) is 6.75. The minimum Gasteiger partial charge on any atom is -0.508 e. The highest BCUT2D eigenvalue weighted by Gasteiger charge is 2.23. The summed E-state index contributed by atoms with van der Waals surface area (Å²) in [7, 11) is 0. The zero-order valence-electron chi connectivity index (χ0n) is 10.6. The molecule has 1 atom stereocenters. The van der Waals surface area contributed by atoms with Gasteiger partial charge in [0.05, 0.1) is 0 Å². The predicted octanol–water partition coefficient (Wildman–Crippen LogP) is 2.84. The molecule has 0 aliphatic carbocycles. The number of nitrogens with zero attached hydrogens (tertiary/aromatic N) is 1. The molecule has 1 aromatic rings. The van der Waals surface area contributed by atoms with Gasteiger partial charge in [0, 0.05) is 16.6 Å². The summed E-state index contributed by atoms with van der Waals surface area (Å²) >= 11 is 3.35. The molecule has 0 radical (unpaired) electrons. The van der Waals surface area contributed by atoms with E-state index in [0.29, 0.717) is 19.5 Å². The molecule has 0 saturated heterocycles. The van der Waals surface area contributed by atoms with Crippen molar-refractivity contribution in [2.75, 3.05) is 6.54 Å². The summed E-state index contributed by atoms with van der Waals surface area (Å²) in [5.41, 5.74) is 0.728. The van der Waals surface area contributed by atoms with Gasteiger partial charge in [-0.15, -0.1) is 0 Å². The number of aliphatic carboxylic acids is 1. The van der Waals surface area contributed by atoms with Crippen LogP contribution < -0.4 is 0 Å². The number of carbonyl (C=O) groups is 1.